The molecule has 1 atom stereocenters. The number of aliphatic hydroxyl groups is 2. The minimum Gasteiger partial charge on any atom is -0.440 e. The lowest BCUT2D eigenvalue weighted by Crippen LogP contribution is -2.60. The van der Waals surface area contributed by atoms with Gasteiger partial charge in [-0.1, -0.05) is 40.0 Å². The highest BCUT2D eigenvalue weighted by molar-refractivity contribution is 6.12. The molecule has 140 valence electrons. The molecule has 0 heterocycles. The van der Waals surface area contributed by atoms with Crippen LogP contribution >= 0.6 is 0 Å². The number of carbonyl (C=O) groups is 3. The van der Waals surface area contributed by atoms with E-state index in [2.05, 4.69) is 0 Å². The van der Waals surface area contributed by atoms with Crippen LogP contribution in [-0.4, -0.2) is 46.1 Å². The second-order valence-corrected chi connectivity index (χ2v) is 6.07. The van der Waals surface area contributed by atoms with E-state index in [1.807, 2.05) is 20.8 Å². The molecular weight excluding hydrogens is 312 g/mol. The molecule has 0 amide bonds. The predicted octanol–water partition coefficient (Wildman–Crippen LogP) is 2.33. The Bertz CT molecular complexity index is 384. The van der Waals surface area contributed by atoms with E-state index in [4.69, 9.17) is 4.74 Å². The lowest BCUT2D eigenvalue weighted by Gasteiger charge is -2.34. The molecule has 0 spiro atoms. The Morgan fingerprint density at radius 3 is 1.67 bits per heavy atom. The van der Waals surface area contributed by atoms with Gasteiger partial charge < -0.3 is 14.9 Å². The summed E-state index contributed by atoms with van der Waals surface area (Å²) < 4.78 is 5.26. The molecule has 0 aromatic heterocycles. The molecule has 0 aliphatic rings. The second-order valence-electron chi connectivity index (χ2n) is 6.07. The number of Topliss-reactive ketones (excluding diaryl/α,β-unsaturated/α-hetero) is 2. The van der Waals surface area contributed by atoms with Crippen LogP contribution in [0.2, 0.25) is 0 Å². The zero-order chi connectivity index (χ0) is 18.6. The van der Waals surface area contributed by atoms with Crippen LogP contribution in [-0.2, 0) is 19.1 Å². The van der Waals surface area contributed by atoms with Gasteiger partial charge in [0, 0.05) is 19.3 Å². The Balaban J connectivity index is 5.61. The van der Waals surface area contributed by atoms with E-state index >= 15 is 0 Å². The van der Waals surface area contributed by atoms with Crippen molar-refractivity contribution >= 4 is 17.5 Å². The number of rotatable bonds is 14. The minimum atomic E-state index is -2.27. The maximum Gasteiger partial charge on any atom is 0.307 e. The quantitative estimate of drug-likeness (QED) is 0.370. The first-order valence-corrected chi connectivity index (χ1v) is 8.97. The number of ether oxygens (including phenoxy) is 1. The van der Waals surface area contributed by atoms with Crippen LogP contribution in [0.25, 0.3) is 0 Å². The highest BCUT2D eigenvalue weighted by Crippen LogP contribution is 2.26. The Morgan fingerprint density at radius 1 is 0.875 bits per heavy atom. The number of ketones is 2. The second kappa shape index (κ2) is 12.1. The van der Waals surface area contributed by atoms with Crippen molar-refractivity contribution in [3.05, 3.63) is 0 Å². The average Bonchev–Trinajstić information content (AvgIpc) is 2.59. The molecule has 0 fully saturated rings. The van der Waals surface area contributed by atoms with E-state index in [-0.39, 0.29) is 19.3 Å². The van der Waals surface area contributed by atoms with Gasteiger partial charge in [0.1, 0.15) is 6.10 Å². The maximum absolute atomic E-state index is 12.7. The van der Waals surface area contributed by atoms with Crippen molar-refractivity contribution in [3.8, 4) is 0 Å². The van der Waals surface area contributed by atoms with Gasteiger partial charge >= 0.3 is 5.97 Å². The van der Waals surface area contributed by atoms with Crippen molar-refractivity contribution in [2.45, 2.75) is 90.3 Å². The summed E-state index contributed by atoms with van der Waals surface area (Å²) in [6.45, 7) is 4.87. The van der Waals surface area contributed by atoms with E-state index < -0.39 is 35.8 Å². The fourth-order valence-electron chi connectivity index (χ4n) is 2.44. The summed E-state index contributed by atoms with van der Waals surface area (Å²) in [6, 6.07) is 0. The number of carbonyl (C=O) groups excluding carboxylic acids is 3. The molecule has 2 N–H and O–H groups in total. The topological polar surface area (TPSA) is 101 Å². The Labute approximate surface area is 144 Å². The molecular formula is C18H32O6. The van der Waals surface area contributed by atoms with Crippen LogP contribution in [0.4, 0.5) is 0 Å². The Hall–Kier alpha value is -1.27. The van der Waals surface area contributed by atoms with Crippen LogP contribution in [0.3, 0.4) is 0 Å². The number of hydrogen-bond acceptors (Lipinski definition) is 6. The first kappa shape index (κ1) is 22.7. The third kappa shape index (κ3) is 6.32. The molecule has 0 saturated carbocycles. The van der Waals surface area contributed by atoms with Crippen molar-refractivity contribution in [3.63, 3.8) is 0 Å². The van der Waals surface area contributed by atoms with Gasteiger partial charge in [-0.25, -0.2) is 0 Å². The van der Waals surface area contributed by atoms with Crippen molar-refractivity contribution in [1.82, 2.24) is 0 Å². The highest BCUT2D eigenvalue weighted by atomic mass is 16.6. The summed E-state index contributed by atoms with van der Waals surface area (Å²) in [4.78, 5) is 37.4. The molecule has 6 heteroatoms. The van der Waals surface area contributed by atoms with E-state index in [0.29, 0.717) is 19.3 Å². The lowest BCUT2D eigenvalue weighted by molar-refractivity contribution is -0.188. The van der Waals surface area contributed by atoms with Gasteiger partial charge in [0.2, 0.25) is 0 Å². The molecule has 0 radical (unpaired) electrons. The minimum absolute atomic E-state index is 0.0203. The Morgan fingerprint density at radius 2 is 1.29 bits per heavy atom. The third-order valence-corrected chi connectivity index (χ3v) is 3.99. The molecule has 0 aliphatic heterocycles. The fourth-order valence-corrected chi connectivity index (χ4v) is 2.44. The third-order valence-electron chi connectivity index (χ3n) is 3.99. The average molecular weight is 344 g/mol. The van der Waals surface area contributed by atoms with Crippen LogP contribution in [0.5, 0.6) is 0 Å². The summed E-state index contributed by atoms with van der Waals surface area (Å²) in [7, 11) is 0. The smallest absolute Gasteiger partial charge is 0.307 e. The van der Waals surface area contributed by atoms with Gasteiger partial charge in [0.15, 0.2) is 11.6 Å². The predicted molar refractivity (Wildman–Crippen MR) is 90.5 cm³/mol. The lowest BCUT2D eigenvalue weighted by atomic mass is 9.82. The number of esters is 1. The van der Waals surface area contributed by atoms with Crippen molar-refractivity contribution in [1.29, 1.82) is 0 Å². The fraction of sp³-hybridized carbons (Fsp3) is 0.833. The number of unbranched alkanes of at least 4 members (excludes halogenated alkanes) is 3. The standard InChI is InChI=1S/C18H32O6/c1-4-7-10-14(20)18(16(22)13-19,15(21)11-8-5-2)24-17(23)12-9-6-3/h16,19,22H,4-13H2,1-3H3. The molecule has 0 aromatic rings. The van der Waals surface area contributed by atoms with Crippen LogP contribution in [0.15, 0.2) is 0 Å². The van der Waals surface area contributed by atoms with Gasteiger partial charge in [0.05, 0.1) is 6.61 Å². The van der Waals surface area contributed by atoms with Gasteiger partial charge in [0.25, 0.3) is 5.60 Å². The van der Waals surface area contributed by atoms with Gasteiger partial charge in [-0.2, -0.15) is 0 Å². The molecule has 0 aliphatic carbocycles. The van der Waals surface area contributed by atoms with E-state index in [1.54, 1.807) is 0 Å². The molecule has 0 rings (SSSR count). The van der Waals surface area contributed by atoms with E-state index in [9.17, 15) is 24.6 Å². The van der Waals surface area contributed by atoms with Gasteiger partial charge in [-0.15, -0.1) is 0 Å². The first-order chi connectivity index (χ1) is 11.4. The van der Waals surface area contributed by atoms with Crippen LogP contribution < -0.4 is 0 Å². The summed E-state index contributed by atoms with van der Waals surface area (Å²) in [5.74, 6) is -1.95. The van der Waals surface area contributed by atoms with E-state index in [1.165, 1.54) is 0 Å². The van der Waals surface area contributed by atoms with Crippen molar-refractivity contribution in [2.75, 3.05) is 6.61 Å². The molecule has 0 saturated heterocycles. The van der Waals surface area contributed by atoms with Crippen molar-refractivity contribution < 1.29 is 29.3 Å². The normalized spacial score (nSPS) is 12.7. The molecule has 6 nitrogen and oxygen atoms in total. The summed E-state index contributed by atoms with van der Waals surface area (Å²) in [5.41, 5.74) is -2.27. The molecule has 0 aromatic carbocycles. The Kier molecular flexibility index (Phi) is 11.5. The summed E-state index contributed by atoms with van der Waals surface area (Å²) >= 11 is 0. The summed E-state index contributed by atoms with van der Waals surface area (Å²) in [5, 5.41) is 19.6. The SMILES string of the molecule is CCCCC(=O)OC(C(=O)CCCC)(C(=O)CCCC)C(O)CO. The highest BCUT2D eigenvalue weighted by Gasteiger charge is 2.53. The molecule has 0 bridgehead atoms. The number of aliphatic hydroxyl groups excluding tert-OH is 2. The molecule has 24 heavy (non-hydrogen) atoms. The van der Waals surface area contributed by atoms with Crippen LogP contribution in [0.1, 0.15) is 78.6 Å². The summed E-state index contributed by atoms with van der Waals surface area (Å²) in [6.07, 6.45) is 2.19. The monoisotopic (exact) mass is 344 g/mol. The van der Waals surface area contributed by atoms with Gasteiger partial charge in [-0.3, -0.25) is 14.4 Å². The first-order valence-electron chi connectivity index (χ1n) is 8.97. The largest absolute Gasteiger partial charge is 0.440 e. The number of hydrogen-bond donors (Lipinski definition) is 2. The van der Waals surface area contributed by atoms with Crippen molar-refractivity contribution in [2.24, 2.45) is 0 Å². The van der Waals surface area contributed by atoms with E-state index in [0.717, 1.165) is 19.3 Å². The zero-order valence-corrected chi connectivity index (χ0v) is 15.2. The zero-order valence-electron chi connectivity index (χ0n) is 15.2. The van der Waals surface area contributed by atoms with Gasteiger partial charge in [-0.05, 0) is 19.3 Å². The molecule has 1 unspecified atom stereocenters. The van der Waals surface area contributed by atoms with Crippen LogP contribution in [0, 0.1) is 0 Å². The maximum atomic E-state index is 12.7.